The molecule has 0 saturated carbocycles. The van der Waals surface area contributed by atoms with E-state index < -0.39 is 270 Å². The van der Waals surface area contributed by atoms with Gasteiger partial charge in [0, 0.05) is 7.05 Å². The summed E-state index contributed by atoms with van der Waals surface area (Å²) in [5.41, 5.74) is -27.5. The fourth-order valence-corrected chi connectivity index (χ4v) is 22.8. The number of carbonyl (C=O) groups excluding carboxylic acids is 15. The lowest BCUT2D eigenvalue weighted by molar-refractivity contribution is -0.171. The highest BCUT2D eigenvalue weighted by Crippen LogP contribution is 2.61. The van der Waals surface area contributed by atoms with Crippen molar-refractivity contribution in [3.8, 4) is 0 Å². The number of hydrogen-bond acceptors (Lipinski definition) is 20. The average molecular weight is 1580 g/mol. The first-order valence-corrected chi connectivity index (χ1v) is 37.9. The average Bonchev–Trinajstić information content (AvgIpc) is 1.47. The number of nitrogens with zero attached hydrogens (tertiary/aromatic N) is 25. The molecule has 0 aromatic carbocycles. The van der Waals surface area contributed by atoms with Gasteiger partial charge in [-0.3, -0.25) is 139 Å². The predicted molar refractivity (Wildman–Crippen MR) is 382 cm³/mol. The maximum absolute atomic E-state index is 16.5. The van der Waals surface area contributed by atoms with E-state index in [1.165, 1.54) is 130 Å². The van der Waals surface area contributed by atoms with Crippen LogP contribution >= 0.6 is 0 Å². The summed E-state index contributed by atoms with van der Waals surface area (Å²) >= 11 is 0. The van der Waals surface area contributed by atoms with E-state index in [2.05, 4.69) is 37.2 Å². The second-order valence-corrected chi connectivity index (χ2v) is 35.9. The zero-order valence-corrected chi connectivity index (χ0v) is 66.9. The van der Waals surface area contributed by atoms with Crippen molar-refractivity contribution in [1.29, 1.82) is 0 Å². The Labute approximate surface area is 650 Å². The minimum atomic E-state index is -2.01. The number of amides is 27. The van der Waals surface area contributed by atoms with Gasteiger partial charge in [0.25, 0.3) is 0 Å². The molecule has 18 fully saturated rings. The topological polar surface area (TPSA) is 421 Å². The lowest BCUT2D eigenvalue weighted by Gasteiger charge is -2.58. The predicted octanol–water partition coefficient (Wildman–Crippen LogP) is -2.98. The smallest absolute Gasteiger partial charge is 0.320 e. The monoisotopic (exact) mass is 1580 g/mol. The van der Waals surface area contributed by atoms with E-state index in [1.807, 2.05) is 0 Å². The normalized spacial score (nSPS) is 42.3. The van der Waals surface area contributed by atoms with Crippen LogP contribution in [0.15, 0.2) is 0 Å². The van der Waals surface area contributed by atoms with Crippen molar-refractivity contribution in [2.75, 3.05) is 114 Å². The summed E-state index contributed by atoms with van der Waals surface area (Å²) < 4.78 is 0. The molecule has 47 nitrogen and oxygen atoms in total. The number of rotatable bonds is 3. The second kappa shape index (κ2) is 21.3. The number of carbonyl (C=O) groups is 15. The molecule has 18 heterocycles. The molecule has 27 amide bonds. The summed E-state index contributed by atoms with van der Waals surface area (Å²) in [5, 5.41) is 23.4. The summed E-state index contributed by atoms with van der Waals surface area (Å²) in [6.45, 7) is 20.1. The Balaban J connectivity index is 0.839. The van der Waals surface area contributed by atoms with E-state index in [0.717, 1.165) is 0 Å². The van der Waals surface area contributed by atoms with Crippen molar-refractivity contribution in [1.82, 2.24) is 160 Å². The van der Waals surface area contributed by atoms with Crippen LogP contribution in [0, 0.1) is 0 Å². The van der Waals surface area contributed by atoms with Crippen LogP contribution in [-0.4, -0.2) is 419 Å². The first-order chi connectivity index (χ1) is 52.6. The molecule has 614 valence electrons. The van der Waals surface area contributed by atoms with Crippen molar-refractivity contribution in [2.24, 2.45) is 0 Å². The SMILES string of the molecule is CC1N2CNC3(C)N4CNC(=O)N5CN6C(=O)N7CN8C(=O)N9CN%10C(=O)N%11CNC(=O)N%12CN%13C(=O)N%14CN(C=O)C%15(C)N(CNC%14(C)C%13(C)NCN%13C(=O)N(CN%14C(=O)N(CN%16C(=O)N(CNC7(C)C6(C)N(C=O)CN(C2=O)C15C)C8(C)C%169C)C%10(C)C%11%14C)C(C)(C)C%12%13C)C(=O)N(CN(C=O)C3(C)C)C%15(C)NCN(C)C4=O. The van der Waals surface area contributed by atoms with Gasteiger partial charge in [-0.2, -0.15) is 0 Å². The molecule has 0 aromatic heterocycles. The number of hydrogen-bond donors (Lipinski definition) is 7. The third kappa shape index (κ3) is 7.31. The number of urea groups is 12. The molecule has 18 rings (SSSR count). The number of nitrogens with one attached hydrogen (secondary N) is 7. The molecule has 47 heteroatoms. The van der Waals surface area contributed by atoms with Gasteiger partial charge in [0.1, 0.15) is 93.0 Å². The van der Waals surface area contributed by atoms with Crippen LogP contribution in [0.2, 0.25) is 0 Å². The van der Waals surface area contributed by atoms with Gasteiger partial charge in [-0.25, -0.2) is 57.5 Å². The first kappa shape index (κ1) is 73.9. The van der Waals surface area contributed by atoms with Crippen LogP contribution in [0.4, 0.5) is 57.5 Å². The Morgan fingerprint density at radius 3 is 1.10 bits per heavy atom. The molecule has 14 unspecified atom stereocenters. The minimum absolute atomic E-state index is 0.422. The van der Waals surface area contributed by atoms with Crippen LogP contribution in [0.3, 0.4) is 0 Å². The fraction of sp³-hybridized carbons (Fsp3) is 0.773. The standard InChI is InChI=1S/C66H100N32O15/c1-39-54(6)84-30-92-49(111)91-33-94-51(113)98-34-95-46(108)80-21-68-41(103)85-31-90-48(110)88-29-77(38-101)61(13)58(10)69-22-74(19)42(104)79(20-67-40(84)102)55(7)52(2,3)75(36-99)27-89(58)45(107)82(61)25-72-56(88,8)57(90,9)71-24-81-44(106)86(53(4,5)60(81,85)12)32-93-50(112)97(65(95,17)63(80,93)15)35-96-47(109)83(64(94,16)66(96,98)18)26-73-59(91,11)62(92,14)76(37-100)28-87(54)43(105)78(39)23-70-55/h36-39,69-73H,20-35H2,1-19H3,(H,67,102)(H,68,103). The van der Waals surface area contributed by atoms with Crippen molar-refractivity contribution >= 4 is 91.6 Å². The second-order valence-electron chi connectivity index (χ2n) is 35.9. The van der Waals surface area contributed by atoms with Crippen LogP contribution < -0.4 is 37.2 Å². The van der Waals surface area contributed by atoms with E-state index in [1.54, 1.807) is 125 Å². The molecular weight excluding hydrogens is 1480 g/mol. The largest absolute Gasteiger partial charge is 0.326 e. The van der Waals surface area contributed by atoms with E-state index in [9.17, 15) is 14.4 Å². The van der Waals surface area contributed by atoms with Crippen molar-refractivity contribution in [3.05, 3.63) is 0 Å². The van der Waals surface area contributed by atoms with Gasteiger partial charge in [-0.05, 0) is 125 Å². The van der Waals surface area contributed by atoms with Gasteiger partial charge in [-0.15, -0.1) is 0 Å². The fourth-order valence-electron chi connectivity index (χ4n) is 22.8. The molecule has 18 aliphatic rings. The molecule has 0 aromatic rings. The maximum Gasteiger partial charge on any atom is 0.326 e. The Hall–Kier alpha value is -10.5. The maximum atomic E-state index is 16.5. The quantitative estimate of drug-likeness (QED) is 0.139. The Morgan fingerprint density at radius 2 is 0.575 bits per heavy atom. The summed E-state index contributed by atoms with van der Waals surface area (Å²) in [7, 11) is 1.45. The molecule has 0 radical (unpaired) electrons. The van der Waals surface area contributed by atoms with Crippen LogP contribution in [-0.2, 0) is 14.4 Å². The highest BCUT2D eigenvalue weighted by atomic mass is 16.2. The Bertz CT molecular complexity index is 4490. The van der Waals surface area contributed by atoms with Crippen molar-refractivity contribution < 1.29 is 71.9 Å². The summed E-state index contributed by atoms with van der Waals surface area (Å²) in [4.78, 5) is 272. The molecule has 18 saturated heterocycles. The van der Waals surface area contributed by atoms with Gasteiger partial charge < -0.3 is 35.1 Å². The molecule has 18 aliphatic heterocycles. The van der Waals surface area contributed by atoms with Crippen molar-refractivity contribution in [2.45, 2.75) is 215 Å². The van der Waals surface area contributed by atoms with Crippen LogP contribution in [0.1, 0.15) is 125 Å². The summed E-state index contributed by atoms with van der Waals surface area (Å²) in [5.74, 6) is 0. The van der Waals surface area contributed by atoms with E-state index in [0.29, 0.717) is 19.2 Å². The van der Waals surface area contributed by atoms with Gasteiger partial charge in [0.2, 0.25) is 19.2 Å². The third-order valence-corrected chi connectivity index (χ3v) is 32.8. The zero-order valence-electron chi connectivity index (χ0n) is 66.9. The molecule has 113 heavy (non-hydrogen) atoms. The molecule has 14 atom stereocenters. The molecule has 0 aliphatic carbocycles. The summed E-state index contributed by atoms with van der Waals surface area (Å²) in [6, 6.07) is -10.6. The zero-order chi connectivity index (χ0) is 81.8. The van der Waals surface area contributed by atoms with Crippen LogP contribution in [0.25, 0.3) is 0 Å². The number of fused-ring (bicyclic) bond motifs is 12. The van der Waals surface area contributed by atoms with E-state index in [-0.39, 0.29) is 0 Å². The van der Waals surface area contributed by atoms with Crippen molar-refractivity contribution in [3.63, 3.8) is 0 Å². The minimum Gasteiger partial charge on any atom is -0.320 e. The molecule has 7 N–H and O–H groups in total. The van der Waals surface area contributed by atoms with E-state index in [4.69, 9.17) is 0 Å². The lowest BCUT2D eigenvalue weighted by atomic mass is 9.85. The highest BCUT2D eigenvalue weighted by molar-refractivity contribution is 5.95. The lowest BCUT2D eigenvalue weighted by Crippen LogP contribution is -2.81. The van der Waals surface area contributed by atoms with E-state index >= 15 is 57.5 Å². The summed E-state index contributed by atoms with van der Waals surface area (Å²) in [6.07, 6.45) is 1.43. The van der Waals surface area contributed by atoms with Crippen LogP contribution in [0.5, 0.6) is 0 Å². The van der Waals surface area contributed by atoms with Gasteiger partial charge in [0.15, 0.2) is 34.0 Å². The molecular formula is C66H100N32O15. The third-order valence-electron chi connectivity index (χ3n) is 32.8. The van der Waals surface area contributed by atoms with Gasteiger partial charge in [-0.1, -0.05) is 0 Å². The van der Waals surface area contributed by atoms with Gasteiger partial charge in [0.05, 0.1) is 70.5 Å². The first-order valence-electron chi connectivity index (χ1n) is 37.9. The Morgan fingerprint density at radius 1 is 0.265 bits per heavy atom. The highest BCUT2D eigenvalue weighted by Gasteiger charge is 2.84. The Kier molecular flexibility index (Phi) is 13.9. The molecule has 17 bridgehead atoms. The van der Waals surface area contributed by atoms with Gasteiger partial charge >= 0.3 is 72.4 Å². The molecule has 0 spiro atoms.